The highest BCUT2D eigenvalue weighted by Gasteiger charge is 2.34. The molecule has 3 N–H and O–H groups in total. The molecule has 0 saturated carbocycles. The Hall–Kier alpha value is -1.72. The van der Waals surface area contributed by atoms with Crippen molar-refractivity contribution in [3.05, 3.63) is 29.8 Å². The van der Waals surface area contributed by atoms with Gasteiger partial charge in [-0.05, 0) is 12.1 Å². The molecule has 1 aliphatic rings. The van der Waals surface area contributed by atoms with Crippen molar-refractivity contribution in [2.24, 2.45) is 5.84 Å². The molecular weight excluding hydrogens is 170 g/mol. The number of ketones is 1. The zero-order chi connectivity index (χ0) is 9.42. The van der Waals surface area contributed by atoms with E-state index in [2.05, 4.69) is 5.53 Å². The van der Waals surface area contributed by atoms with Gasteiger partial charge in [0, 0.05) is 0 Å². The molecule has 0 spiro atoms. The number of carbonyl (C=O) groups excluding carboxylic acids is 2. The molecule has 5 nitrogen and oxygen atoms in total. The minimum atomic E-state index is -0.649. The van der Waals surface area contributed by atoms with Crippen LogP contribution in [0.15, 0.2) is 24.3 Å². The lowest BCUT2D eigenvalue weighted by Gasteiger charge is -2.12. The van der Waals surface area contributed by atoms with Gasteiger partial charge in [-0.2, -0.15) is 5.53 Å². The first-order valence-electron chi connectivity index (χ1n) is 3.70. The average Bonchev–Trinajstić information content (AvgIpc) is 2.41. The summed E-state index contributed by atoms with van der Waals surface area (Å²) in [4.78, 5) is 22.5. The van der Waals surface area contributed by atoms with Crippen LogP contribution >= 0.6 is 0 Å². The van der Waals surface area contributed by atoms with Crippen molar-refractivity contribution in [2.45, 2.75) is 0 Å². The van der Waals surface area contributed by atoms with E-state index in [0.29, 0.717) is 11.3 Å². The molecule has 2 rings (SSSR count). The van der Waals surface area contributed by atoms with Crippen LogP contribution in [0.1, 0.15) is 10.4 Å². The number of nitrogens with zero attached hydrogens (tertiary/aromatic N) is 1. The molecular formula is C8H7N3O2. The summed E-state index contributed by atoms with van der Waals surface area (Å²) >= 11 is 0. The lowest BCUT2D eigenvalue weighted by molar-refractivity contribution is -0.114. The maximum Gasteiger partial charge on any atom is 0.314 e. The van der Waals surface area contributed by atoms with E-state index in [-0.39, 0.29) is 0 Å². The Kier molecular flexibility index (Phi) is 1.61. The summed E-state index contributed by atoms with van der Waals surface area (Å²) in [5.41, 5.74) is 3.04. The number of anilines is 1. The van der Waals surface area contributed by atoms with Gasteiger partial charge >= 0.3 is 5.91 Å². The van der Waals surface area contributed by atoms with Crippen molar-refractivity contribution in [3.8, 4) is 0 Å². The summed E-state index contributed by atoms with van der Waals surface area (Å²) < 4.78 is 0. The summed E-state index contributed by atoms with van der Waals surface area (Å²) in [5.74, 6) is 3.92. The van der Waals surface area contributed by atoms with Crippen LogP contribution in [0.4, 0.5) is 5.69 Å². The SMILES string of the molecule is NNN1C(=O)C(=O)c2ccccc21. The molecule has 0 unspecified atom stereocenters. The number of Topliss-reactive ketones (excluding diaryl/α,β-unsaturated/α-hetero) is 1. The van der Waals surface area contributed by atoms with Crippen LogP contribution in [0.3, 0.4) is 0 Å². The van der Waals surface area contributed by atoms with Crippen LogP contribution in [0.25, 0.3) is 0 Å². The molecule has 0 aromatic heterocycles. The Morgan fingerprint density at radius 1 is 1.23 bits per heavy atom. The van der Waals surface area contributed by atoms with Gasteiger partial charge in [0.2, 0.25) is 0 Å². The minimum Gasteiger partial charge on any atom is -0.283 e. The number of carbonyl (C=O) groups is 2. The zero-order valence-electron chi connectivity index (χ0n) is 6.65. The second-order valence-corrected chi connectivity index (χ2v) is 2.62. The molecule has 0 atom stereocenters. The van der Waals surface area contributed by atoms with Crippen molar-refractivity contribution < 1.29 is 9.59 Å². The number of fused-ring (bicyclic) bond motifs is 1. The van der Waals surface area contributed by atoms with E-state index in [1.165, 1.54) is 0 Å². The molecule has 0 radical (unpaired) electrons. The molecule has 0 bridgehead atoms. The standard InChI is InChI=1S/C8H7N3O2/c9-10-11-6-4-2-1-3-5(6)7(12)8(11)13/h1-4,10H,9H2. The quantitative estimate of drug-likeness (QED) is 0.347. The third kappa shape index (κ3) is 0.947. The largest absolute Gasteiger partial charge is 0.314 e. The second kappa shape index (κ2) is 2.65. The number of nitrogens with two attached hydrogens (primary N) is 1. The van der Waals surface area contributed by atoms with E-state index >= 15 is 0 Å². The Balaban J connectivity index is 2.60. The average molecular weight is 177 g/mol. The summed E-state index contributed by atoms with van der Waals surface area (Å²) in [7, 11) is 0. The van der Waals surface area contributed by atoms with E-state index in [4.69, 9.17) is 5.84 Å². The van der Waals surface area contributed by atoms with Crippen LogP contribution in [0, 0.1) is 0 Å². The van der Waals surface area contributed by atoms with Gasteiger partial charge in [-0.25, -0.2) is 5.01 Å². The Bertz CT molecular complexity index is 389. The number of benzene rings is 1. The van der Waals surface area contributed by atoms with Gasteiger partial charge in [-0.3, -0.25) is 15.4 Å². The summed E-state index contributed by atoms with van der Waals surface area (Å²) in [5, 5.41) is 1.03. The highest BCUT2D eigenvalue weighted by molar-refractivity contribution is 6.52. The molecule has 66 valence electrons. The third-order valence-corrected chi connectivity index (χ3v) is 1.92. The van der Waals surface area contributed by atoms with Crippen LogP contribution in [-0.4, -0.2) is 11.7 Å². The maximum atomic E-state index is 11.3. The van der Waals surface area contributed by atoms with Crippen LogP contribution < -0.4 is 16.4 Å². The van der Waals surface area contributed by atoms with Gasteiger partial charge in [-0.1, -0.05) is 12.1 Å². The zero-order valence-corrected chi connectivity index (χ0v) is 6.65. The second-order valence-electron chi connectivity index (χ2n) is 2.62. The Morgan fingerprint density at radius 2 is 1.92 bits per heavy atom. The van der Waals surface area contributed by atoms with Crippen molar-refractivity contribution in [1.82, 2.24) is 5.53 Å². The molecule has 5 heteroatoms. The highest BCUT2D eigenvalue weighted by atomic mass is 16.2. The normalized spacial score (nSPS) is 15.0. The lowest BCUT2D eigenvalue weighted by Crippen LogP contribution is -2.46. The van der Waals surface area contributed by atoms with Gasteiger partial charge in [-0.15, -0.1) is 0 Å². The fourth-order valence-electron chi connectivity index (χ4n) is 1.31. The lowest BCUT2D eigenvalue weighted by atomic mass is 10.1. The Labute approximate surface area is 74.1 Å². The van der Waals surface area contributed by atoms with Crippen molar-refractivity contribution >= 4 is 17.4 Å². The number of hydrogen-bond acceptors (Lipinski definition) is 4. The van der Waals surface area contributed by atoms with E-state index in [9.17, 15) is 9.59 Å². The summed E-state index contributed by atoms with van der Waals surface area (Å²) in [6.45, 7) is 0. The van der Waals surface area contributed by atoms with Crippen LogP contribution in [-0.2, 0) is 4.79 Å². The third-order valence-electron chi connectivity index (χ3n) is 1.92. The molecule has 13 heavy (non-hydrogen) atoms. The minimum absolute atomic E-state index is 0.380. The Morgan fingerprint density at radius 3 is 2.62 bits per heavy atom. The molecule has 1 aromatic rings. The molecule has 0 fully saturated rings. The fraction of sp³-hybridized carbons (Fsp3) is 0. The molecule has 0 saturated heterocycles. The summed E-state index contributed by atoms with van der Waals surface area (Å²) in [6, 6.07) is 6.67. The van der Waals surface area contributed by atoms with E-state index in [1.54, 1.807) is 24.3 Å². The first kappa shape index (κ1) is 7.90. The first-order valence-corrected chi connectivity index (χ1v) is 3.70. The highest BCUT2D eigenvalue weighted by Crippen LogP contribution is 2.25. The van der Waals surface area contributed by atoms with Crippen molar-refractivity contribution in [2.75, 3.05) is 5.01 Å². The van der Waals surface area contributed by atoms with Crippen molar-refractivity contribution in [3.63, 3.8) is 0 Å². The van der Waals surface area contributed by atoms with E-state index in [0.717, 1.165) is 5.01 Å². The number of para-hydroxylation sites is 1. The molecule has 1 amide bonds. The number of amides is 1. The van der Waals surface area contributed by atoms with E-state index < -0.39 is 11.7 Å². The smallest absolute Gasteiger partial charge is 0.283 e. The van der Waals surface area contributed by atoms with Gasteiger partial charge < -0.3 is 0 Å². The first-order chi connectivity index (χ1) is 6.25. The van der Waals surface area contributed by atoms with Crippen LogP contribution in [0.2, 0.25) is 0 Å². The number of nitrogens with one attached hydrogen (secondary N) is 1. The number of hydrogen-bond donors (Lipinski definition) is 2. The van der Waals surface area contributed by atoms with Gasteiger partial charge in [0.05, 0.1) is 11.3 Å². The summed E-state index contributed by atoms with van der Waals surface area (Å²) in [6.07, 6.45) is 0. The van der Waals surface area contributed by atoms with Crippen LogP contribution in [0.5, 0.6) is 0 Å². The monoisotopic (exact) mass is 177 g/mol. The van der Waals surface area contributed by atoms with Gasteiger partial charge in [0.1, 0.15) is 0 Å². The van der Waals surface area contributed by atoms with Crippen molar-refractivity contribution in [1.29, 1.82) is 0 Å². The fourth-order valence-corrected chi connectivity index (χ4v) is 1.31. The predicted molar refractivity (Wildman–Crippen MR) is 45.6 cm³/mol. The molecule has 1 aromatic carbocycles. The number of hydrazine groups is 2. The number of rotatable bonds is 1. The maximum absolute atomic E-state index is 11.3. The van der Waals surface area contributed by atoms with E-state index in [1.807, 2.05) is 0 Å². The predicted octanol–water partition coefficient (Wildman–Crippen LogP) is -0.406. The molecule has 1 heterocycles. The van der Waals surface area contributed by atoms with Gasteiger partial charge in [0.25, 0.3) is 5.78 Å². The molecule has 1 aliphatic heterocycles. The topological polar surface area (TPSA) is 75.4 Å². The van der Waals surface area contributed by atoms with Gasteiger partial charge in [0.15, 0.2) is 0 Å². The molecule has 0 aliphatic carbocycles.